The Bertz CT molecular complexity index is 109. The molecule has 0 aromatic rings. The summed E-state index contributed by atoms with van der Waals surface area (Å²) < 4.78 is 12.1. The van der Waals surface area contributed by atoms with Crippen LogP contribution in [0.2, 0.25) is 0 Å². The minimum Gasteiger partial charge on any atom is -0.394 e. The first-order chi connectivity index (χ1) is 4.74. The molecule has 1 unspecified atom stereocenters. The minimum absolute atomic E-state index is 0.198. The van der Waals surface area contributed by atoms with Crippen molar-refractivity contribution in [2.24, 2.45) is 0 Å². The Labute approximate surface area is 55.7 Å². The van der Waals surface area contributed by atoms with Crippen LogP contribution in [0.4, 0.5) is 0 Å². The second kappa shape index (κ2) is 3.15. The highest BCUT2D eigenvalue weighted by molar-refractivity contribution is 4.71. The summed E-state index contributed by atoms with van der Waals surface area (Å²) in [5.74, 6) is 0. The van der Waals surface area contributed by atoms with E-state index in [1.165, 1.54) is 0 Å². The van der Waals surface area contributed by atoms with Crippen LogP contribution in [0.25, 0.3) is 0 Å². The normalized spacial score (nSPS) is 46.4. The zero-order valence-electron chi connectivity index (χ0n) is 6.16. The molecule has 9 heavy (non-hydrogen) atoms. The number of rotatable bonds is 1. The molecule has 3 heteroatoms. The summed E-state index contributed by atoms with van der Waals surface area (Å²) in [6.45, 7) is -0.767. The van der Waals surface area contributed by atoms with Crippen LogP contribution in [0.5, 0.6) is 0 Å². The van der Waals surface area contributed by atoms with Crippen molar-refractivity contribution in [3.05, 3.63) is 0 Å². The van der Waals surface area contributed by atoms with Crippen molar-refractivity contribution in [3.8, 4) is 0 Å². The Hall–Kier alpha value is -0.120. The molecule has 0 spiro atoms. The third kappa shape index (κ3) is 1.64. The van der Waals surface area contributed by atoms with E-state index in [0.29, 0.717) is 12.8 Å². The molecule has 0 aromatic carbocycles. The Morgan fingerprint density at radius 2 is 2.56 bits per heavy atom. The molecule has 1 aliphatic rings. The molecule has 1 saturated heterocycles. The van der Waals surface area contributed by atoms with Gasteiger partial charge in [0, 0.05) is 6.58 Å². The average Bonchev–Trinajstić information content (AvgIpc) is 1.94. The fraction of sp³-hybridized carbons (Fsp3) is 1.00. The van der Waals surface area contributed by atoms with Gasteiger partial charge >= 0.3 is 0 Å². The van der Waals surface area contributed by atoms with Gasteiger partial charge in [-0.2, -0.15) is 0 Å². The molecule has 1 heterocycles. The van der Waals surface area contributed by atoms with E-state index >= 15 is 0 Å². The lowest BCUT2D eigenvalue weighted by atomic mass is 10.1. The third-order valence-corrected chi connectivity index (χ3v) is 1.46. The zero-order chi connectivity index (χ0) is 7.56. The van der Waals surface area contributed by atoms with Crippen LogP contribution in [0, 0.1) is 0 Å². The van der Waals surface area contributed by atoms with Gasteiger partial charge in [-0.05, 0) is 12.8 Å². The quantitative estimate of drug-likeness (QED) is 0.508. The second-order valence-corrected chi connectivity index (χ2v) is 2.17. The smallest absolute Gasteiger partial charge is 0.106 e. The molecule has 3 atom stereocenters. The van der Waals surface area contributed by atoms with Crippen molar-refractivity contribution < 1.29 is 16.3 Å². The average molecular weight is 133 g/mol. The number of hydrogen-bond donors (Lipinski definition) is 2. The van der Waals surface area contributed by atoms with Crippen LogP contribution in [0.1, 0.15) is 14.2 Å². The fourth-order valence-electron chi connectivity index (χ4n) is 0.872. The van der Waals surface area contributed by atoms with E-state index < -0.39 is 18.8 Å². The predicted octanol–water partition coefficient (Wildman–Crippen LogP) is -0.481. The van der Waals surface area contributed by atoms with Gasteiger partial charge in [-0.25, -0.2) is 0 Å². The van der Waals surface area contributed by atoms with Gasteiger partial charge < -0.3 is 14.9 Å². The van der Waals surface area contributed by atoms with Gasteiger partial charge in [0.25, 0.3) is 0 Å². The van der Waals surface area contributed by atoms with E-state index in [0.717, 1.165) is 0 Å². The summed E-state index contributed by atoms with van der Waals surface area (Å²) in [6.07, 6.45) is -0.0281. The van der Waals surface area contributed by atoms with Crippen molar-refractivity contribution in [1.82, 2.24) is 0 Å². The van der Waals surface area contributed by atoms with E-state index in [4.69, 9.17) is 16.3 Å². The molecule has 1 aliphatic heterocycles. The van der Waals surface area contributed by atoms with Crippen LogP contribution in [-0.2, 0) is 4.74 Å². The Kier molecular flexibility index (Phi) is 1.98. The van der Waals surface area contributed by atoms with E-state index in [9.17, 15) is 0 Å². The van der Waals surface area contributed by atoms with Gasteiger partial charge in [0.05, 0.1) is 14.1 Å². The summed E-state index contributed by atoms with van der Waals surface area (Å²) in [6, 6.07) is 0. The summed E-state index contributed by atoms with van der Waals surface area (Å²) in [5, 5.41) is 17.7. The Morgan fingerprint density at radius 1 is 1.78 bits per heavy atom. The predicted molar refractivity (Wildman–Crippen MR) is 32.1 cm³/mol. The molecule has 0 aromatic heterocycles. The molecule has 0 saturated carbocycles. The van der Waals surface area contributed by atoms with Gasteiger partial charge in [-0.3, -0.25) is 0 Å². The maximum Gasteiger partial charge on any atom is 0.106 e. The van der Waals surface area contributed by atoms with Crippen LogP contribution in [0.3, 0.4) is 0 Å². The maximum atomic E-state index is 9.12. The van der Waals surface area contributed by atoms with Crippen LogP contribution >= 0.6 is 0 Å². The van der Waals surface area contributed by atoms with Gasteiger partial charge in [0.15, 0.2) is 0 Å². The van der Waals surface area contributed by atoms with Crippen molar-refractivity contribution in [3.63, 3.8) is 0 Å². The lowest BCUT2D eigenvalue weighted by molar-refractivity contribution is -0.0942. The van der Waals surface area contributed by atoms with E-state index in [1.54, 1.807) is 0 Å². The fourth-order valence-corrected chi connectivity index (χ4v) is 0.872. The molecular formula is C6H12O3. The lowest BCUT2D eigenvalue weighted by Gasteiger charge is -2.25. The first-order valence-electron chi connectivity index (χ1n) is 3.68. The summed E-state index contributed by atoms with van der Waals surface area (Å²) in [4.78, 5) is 0. The number of hydrogen-bond acceptors (Lipinski definition) is 3. The lowest BCUT2D eigenvalue weighted by Crippen LogP contribution is -2.36. The van der Waals surface area contributed by atoms with Crippen LogP contribution < -0.4 is 0 Å². The summed E-state index contributed by atoms with van der Waals surface area (Å²) in [7, 11) is 0. The van der Waals surface area contributed by atoms with Crippen LogP contribution in [0.15, 0.2) is 0 Å². The molecule has 3 nitrogen and oxygen atoms in total. The molecule has 1 fully saturated rings. The topological polar surface area (TPSA) is 49.7 Å². The van der Waals surface area contributed by atoms with E-state index in [1.807, 2.05) is 0 Å². The Balaban J connectivity index is 2.38. The van der Waals surface area contributed by atoms with E-state index in [-0.39, 0.29) is 6.61 Å². The first-order valence-corrected chi connectivity index (χ1v) is 3.10. The van der Waals surface area contributed by atoms with Gasteiger partial charge in [0.2, 0.25) is 0 Å². The first kappa shape index (κ1) is 5.65. The second-order valence-electron chi connectivity index (χ2n) is 2.17. The maximum absolute atomic E-state index is 9.12. The van der Waals surface area contributed by atoms with Crippen molar-refractivity contribution >= 4 is 0 Å². The summed E-state index contributed by atoms with van der Waals surface area (Å²) >= 11 is 0. The molecule has 0 radical (unpaired) electrons. The van der Waals surface area contributed by atoms with Gasteiger partial charge in [0.1, 0.15) is 6.10 Å². The third-order valence-electron chi connectivity index (χ3n) is 1.46. The Morgan fingerprint density at radius 3 is 3.11 bits per heavy atom. The minimum atomic E-state index is -0.591. The highest BCUT2D eigenvalue weighted by Crippen LogP contribution is 2.12. The molecule has 2 N–H and O–H groups in total. The number of aliphatic hydroxyl groups excluding tert-OH is 2. The van der Waals surface area contributed by atoms with Gasteiger partial charge in [-0.1, -0.05) is 0 Å². The highest BCUT2D eigenvalue weighted by atomic mass is 16.5. The molecule has 1 rings (SSSR count). The number of aliphatic hydroxyl groups is 2. The van der Waals surface area contributed by atoms with E-state index in [2.05, 4.69) is 0 Å². The standard InChI is InChI=1S/C6H12O3/c7-4-6-5(8)2-1-3-9-6/h5-8H,1-4H2/t5-,6+/m0/s1/i3D/t3?,5-,6+. The molecular weight excluding hydrogens is 120 g/mol. The zero-order valence-corrected chi connectivity index (χ0v) is 5.16. The molecule has 0 amide bonds. The largest absolute Gasteiger partial charge is 0.394 e. The summed E-state index contributed by atoms with van der Waals surface area (Å²) in [5.41, 5.74) is 0. The molecule has 54 valence electrons. The van der Waals surface area contributed by atoms with Crippen LogP contribution in [-0.4, -0.2) is 35.6 Å². The highest BCUT2D eigenvalue weighted by Gasteiger charge is 2.22. The monoisotopic (exact) mass is 133 g/mol. The SMILES string of the molecule is [2H]C1CC[C@H](O)[C@@H](CO)O1. The number of ether oxygens (including phenoxy) is 1. The van der Waals surface area contributed by atoms with Crippen molar-refractivity contribution in [2.45, 2.75) is 25.0 Å². The van der Waals surface area contributed by atoms with Crippen molar-refractivity contribution in [2.75, 3.05) is 13.2 Å². The molecule has 0 bridgehead atoms. The van der Waals surface area contributed by atoms with Gasteiger partial charge in [-0.15, -0.1) is 0 Å². The molecule has 0 aliphatic carbocycles. The van der Waals surface area contributed by atoms with Crippen molar-refractivity contribution in [1.29, 1.82) is 0 Å².